The van der Waals surface area contributed by atoms with E-state index in [0.29, 0.717) is 15.6 Å². The van der Waals surface area contributed by atoms with Gasteiger partial charge in [-0.3, -0.25) is 0 Å². The molecule has 1 aromatic carbocycles. The Kier molecular flexibility index (Phi) is 4.55. The average Bonchev–Trinajstić information content (AvgIpc) is 2.08. The lowest BCUT2D eigenvalue weighted by Crippen LogP contribution is -2.22. The first kappa shape index (κ1) is 13.7. The van der Waals surface area contributed by atoms with E-state index in [1.165, 1.54) is 6.07 Å². The largest absolute Gasteiger partial charge is 0.392 e. The predicted octanol–water partition coefficient (Wildman–Crippen LogP) is 2.19. The van der Waals surface area contributed by atoms with Crippen LogP contribution in [-0.4, -0.2) is 19.2 Å². The van der Waals surface area contributed by atoms with Crippen LogP contribution >= 0.6 is 35.4 Å². The summed E-state index contributed by atoms with van der Waals surface area (Å²) in [6.07, 6.45) is 0. The van der Waals surface area contributed by atoms with Gasteiger partial charge in [-0.25, -0.2) is 8.42 Å². The standard InChI is InChI=1S/C9H9Cl2NO2S2/c10-7-2-1-6(3-8(7)11)4-16(13,14)5-9(12)15/h1-3H,4-5H2,(H2,12,15). The van der Waals surface area contributed by atoms with Crippen molar-refractivity contribution in [3.63, 3.8) is 0 Å². The Morgan fingerprint density at radius 3 is 2.44 bits per heavy atom. The van der Waals surface area contributed by atoms with E-state index < -0.39 is 9.84 Å². The molecule has 0 aliphatic rings. The molecule has 0 aliphatic carbocycles. The number of thiocarbonyl (C=S) groups is 1. The molecule has 2 N–H and O–H groups in total. The molecule has 16 heavy (non-hydrogen) atoms. The molecule has 0 heterocycles. The van der Waals surface area contributed by atoms with E-state index in [9.17, 15) is 8.42 Å². The number of halogens is 2. The van der Waals surface area contributed by atoms with Gasteiger partial charge in [-0.1, -0.05) is 41.5 Å². The number of hydrogen-bond acceptors (Lipinski definition) is 3. The van der Waals surface area contributed by atoms with Crippen LogP contribution in [-0.2, 0) is 15.6 Å². The molecule has 88 valence electrons. The summed E-state index contributed by atoms with van der Waals surface area (Å²) in [5.41, 5.74) is 5.75. The summed E-state index contributed by atoms with van der Waals surface area (Å²) in [4.78, 5) is -0.0416. The number of nitrogens with two attached hydrogens (primary N) is 1. The summed E-state index contributed by atoms with van der Waals surface area (Å²) in [5, 5.41) is 0.710. The Morgan fingerprint density at radius 1 is 1.31 bits per heavy atom. The molecular weight excluding hydrogens is 289 g/mol. The van der Waals surface area contributed by atoms with Crippen molar-refractivity contribution < 1.29 is 8.42 Å². The lowest BCUT2D eigenvalue weighted by molar-refractivity contribution is 0.599. The molecule has 1 aromatic rings. The zero-order valence-corrected chi connectivity index (χ0v) is 11.3. The fraction of sp³-hybridized carbons (Fsp3) is 0.222. The summed E-state index contributed by atoms with van der Waals surface area (Å²) in [7, 11) is -3.33. The van der Waals surface area contributed by atoms with Gasteiger partial charge in [-0.2, -0.15) is 0 Å². The summed E-state index contributed by atoms with van der Waals surface area (Å²) in [5.74, 6) is -0.455. The van der Waals surface area contributed by atoms with Crippen molar-refractivity contribution in [1.82, 2.24) is 0 Å². The minimum atomic E-state index is -3.33. The van der Waals surface area contributed by atoms with E-state index >= 15 is 0 Å². The maximum absolute atomic E-state index is 11.6. The van der Waals surface area contributed by atoms with Crippen LogP contribution in [0.15, 0.2) is 18.2 Å². The number of sulfone groups is 1. The van der Waals surface area contributed by atoms with E-state index in [-0.39, 0.29) is 16.5 Å². The predicted molar refractivity (Wildman–Crippen MR) is 70.7 cm³/mol. The molecule has 0 bridgehead atoms. The lowest BCUT2D eigenvalue weighted by Gasteiger charge is -2.04. The molecule has 7 heteroatoms. The van der Waals surface area contributed by atoms with Crippen LogP contribution in [0.2, 0.25) is 10.0 Å². The second-order valence-electron chi connectivity index (χ2n) is 3.25. The molecule has 3 nitrogen and oxygen atoms in total. The third-order valence-electron chi connectivity index (χ3n) is 1.73. The quantitative estimate of drug-likeness (QED) is 0.866. The first-order valence-electron chi connectivity index (χ1n) is 4.23. The summed E-state index contributed by atoms with van der Waals surface area (Å²) in [6, 6.07) is 4.67. The smallest absolute Gasteiger partial charge is 0.160 e. The Hall–Kier alpha value is -0.360. The highest BCUT2D eigenvalue weighted by Gasteiger charge is 2.14. The second-order valence-corrected chi connectivity index (χ2v) is 6.65. The zero-order valence-electron chi connectivity index (χ0n) is 8.11. The molecule has 0 unspecified atom stereocenters. The van der Waals surface area contributed by atoms with Crippen molar-refractivity contribution in [3.05, 3.63) is 33.8 Å². The van der Waals surface area contributed by atoms with Crippen LogP contribution in [0.1, 0.15) is 5.56 Å². The van der Waals surface area contributed by atoms with Gasteiger partial charge in [-0.05, 0) is 17.7 Å². The summed E-state index contributed by atoms with van der Waals surface area (Å²) in [6.45, 7) is 0. The first-order valence-corrected chi connectivity index (χ1v) is 7.21. The van der Waals surface area contributed by atoms with Gasteiger partial charge in [-0.15, -0.1) is 0 Å². The normalized spacial score (nSPS) is 11.4. The maximum Gasteiger partial charge on any atom is 0.160 e. The topological polar surface area (TPSA) is 60.2 Å². The third-order valence-corrected chi connectivity index (χ3v) is 4.32. The molecular formula is C9H9Cl2NO2S2. The van der Waals surface area contributed by atoms with E-state index in [1.54, 1.807) is 12.1 Å². The Labute approximate surface area is 109 Å². The van der Waals surface area contributed by atoms with E-state index in [4.69, 9.17) is 28.9 Å². The van der Waals surface area contributed by atoms with Gasteiger partial charge < -0.3 is 5.73 Å². The first-order chi connectivity index (χ1) is 7.30. The Balaban J connectivity index is 2.88. The highest BCUT2D eigenvalue weighted by molar-refractivity contribution is 7.93. The fourth-order valence-corrected chi connectivity index (χ4v) is 3.23. The minimum Gasteiger partial charge on any atom is -0.392 e. The molecule has 0 amide bonds. The molecule has 1 rings (SSSR count). The minimum absolute atomic E-state index is 0.0416. The van der Waals surface area contributed by atoms with Crippen LogP contribution in [0.3, 0.4) is 0 Å². The molecule has 0 saturated carbocycles. The molecule has 0 radical (unpaired) electrons. The monoisotopic (exact) mass is 297 g/mol. The highest BCUT2D eigenvalue weighted by atomic mass is 35.5. The van der Waals surface area contributed by atoms with Gasteiger partial charge in [0.25, 0.3) is 0 Å². The van der Waals surface area contributed by atoms with Crippen LogP contribution in [0, 0.1) is 0 Å². The molecule has 0 fully saturated rings. The molecule has 0 aromatic heterocycles. The fourth-order valence-electron chi connectivity index (χ4n) is 1.15. The zero-order chi connectivity index (χ0) is 12.3. The van der Waals surface area contributed by atoms with Gasteiger partial charge in [0.05, 0.1) is 20.8 Å². The van der Waals surface area contributed by atoms with Crippen LogP contribution in [0.4, 0.5) is 0 Å². The summed E-state index contributed by atoms with van der Waals surface area (Å²) >= 11 is 16.0. The van der Waals surface area contributed by atoms with Crippen molar-refractivity contribution in [3.8, 4) is 0 Å². The SMILES string of the molecule is NC(=S)CS(=O)(=O)Cc1ccc(Cl)c(Cl)c1. The van der Waals surface area contributed by atoms with Gasteiger partial charge in [0.2, 0.25) is 0 Å². The van der Waals surface area contributed by atoms with Gasteiger partial charge in [0, 0.05) is 0 Å². The van der Waals surface area contributed by atoms with Crippen molar-refractivity contribution >= 4 is 50.2 Å². The van der Waals surface area contributed by atoms with E-state index in [0.717, 1.165) is 0 Å². The number of benzene rings is 1. The molecule has 0 atom stereocenters. The molecule has 0 aliphatic heterocycles. The number of rotatable bonds is 4. The second kappa shape index (κ2) is 5.31. The van der Waals surface area contributed by atoms with Crippen molar-refractivity contribution in [2.24, 2.45) is 5.73 Å². The lowest BCUT2D eigenvalue weighted by atomic mass is 10.2. The van der Waals surface area contributed by atoms with Gasteiger partial charge in [0.1, 0.15) is 5.75 Å². The maximum atomic E-state index is 11.6. The van der Waals surface area contributed by atoms with Crippen molar-refractivity contribution in [2.45, 2.75) is 5.75 Å². The molecule has 0 saturated heterocycles. The Morgan fingerprint density at radius 2 is 1.94 bits per heavy atom. The highest BCUT2D eigenvalue weighted by Crippen LogP contribution is 2.23. The number of hydrogen-bond donors (Lipinski definition) is 1. The van der Waals surface area contributed by atoms with E-state index in [2.05, 4.69) is 12.2 Å². The van der Waals surface area contributed by atoms with Crippen molar-refractivity contribution in [1.29, 1.82) is 0 Å². The van der Waals surface area contributed by atoms with Gasteiger partial charge >= 0.3 is 0 Å². The van der Waals surface area contributed by atoms with Crippen molar-refractivity contribution in [2.75, 3.05) is 5.75 Å². The summed E-state index contributed by atoms with van der Waals surface area (Å²) < 4.78 is 23.1. The molecule has 0 spiro atoms. The Bertz CT molecular complexity index is 514. The average molecular weight is 298 g/mol. The van der Waals surface area contributed by atoms with Crippen LogP contribution in [0.5, 0.6) is 0 Å². The van der Waals surface area contributed by atoms with E-state index in [1.807, 2.05) is 0 Å². The van der Waals surface area contributed by atoms with Crippen LogP contribution < -0.4 is 5.73 Å². The van der Waals surface area contributed by atoms with Crippen LogP contribution in [0.25, 0.3) is 0 Å². The van der Waals surface area contributed by atoms with Gasteiger partial charge in [0.15, 0.2) is 9.84 Å². The third kappa shape index (κ3) is 4.25.